The average Bonchev–Trinajstić information content (AvgIpc) is 2.29. The normalized spacial score (nSPS) is 10.1. The molecule has 0 atom stereocenters. The molecule has 0 aliphatic carbocycles. The average molecular weight is 330 g/mol. The maximum atomic E-state index is 2.18. The molecule has 15 heavy (non-hydrogen) atoms. The minimum atomic E-state index is 0. The van der Waals surface area contributed by atoms with Crippen LogP contribution in [0.15, 0.2) is 60.7 Å². The second kappa shape index (κ2) is 4.73. The van der Waals surface area contributed by atoms with Crippen molar-refractivity contribution in [3.05, 3.63) is 60.7 Å². The van der Waals surface area contributed by atoms with Gasteiger partial charge in [-0.05, 0) is 21.5 Å². The molecule has 0 N–H and O–H groups in total. The molecule has 0 aliphatic heterocycles. The van der Waals surface area contributed by atoms with Gasteiger partial charge in [0.15, 0.2) is 0 Å². The predicted octanol–water partition coefficient (Wildman–Crippen LogP) is 3.99. The summed E-state index contributed by atoms with van der Waals surface area (Å²) in [6.07, 6.45) is 0. The van der Waals surface area contributed by atoms with E-state index in [0.29, 0.717) is 0 Å². The number of hydrogen-bond donors (Lipinski definition) is 0. The standard InChI is InChI=1S/C14H10.Eu/c1-3-7-13-11(5-1)9-10-12-6-2-4-8-14(12)13;/h1-10H;. The van der Waals surface area contributed by atoms with E-state index < -0.39 is 0 Å². The summed E-state index contributed by atoms with van der Waals surface area (Å²) in [5.41, 5.74) is 0. The van der Waals surface area contributed by atoms with Crippen LogP contribution in [0.2, 0.25) is 0 Å². The van der Waals surface area contributed by atoms with Gasteiger partial charge in [-0.3, -0.25) is 0 Å². The largest absolute Gasteiger partial charge is 0.0616 e. The molecule has 0 aliphatic rings. The van der Waals surface area contributed by atoms with Gasteiger partial charge < -0.3 is 0 Å². The zero-order valence-corrected chi connectivity index (χ0v) is 10.6. The van der Waals surface area contributed by atoms with Crippen molar-refractivity contribution in [2.45, 2.75) is 0 Å². The van der Waals surface area contributed by atoms with Crippen molar-refractivity contribution in [2.75, 3.05) is 0 Å². The molecule has 0 unspecified atom stereocenters. The zero-order chi connectivity index (χ0) is 9.38. The van der Waals surface area contributed by atoms with Gasteiger partial charge in [0.1, 0.15) is 0 Å². The molecular weight excluding hydrogens is 320 g/mol. The van der Waals surface area contributed by atoms with E-state index in [1.807, 2.05) is 0 Å². The summed E-state index contributed by atoms with van der Waals surface area (Å²) in [4.78, 5) is 0. The smallest absolute Gasteiger partial charge is 0 e. The molecule has 3 aromatic rings. The van der Waals surface area contributed by atoms with Crippen molar-refractivity contribution in [1.82, 2.24) is 0 Å². The van der Waals surface area contributed by atoms with Gasteiger partial charge in [0, 0.05) is 49.4 Å². The van der Waals surface area contributed by atoms with Crippen LogP contribution in [-0.4, -0.2) is 0 Å². The molecule has 0 saturated carbocycles. The Hall–Kier alpha value is -0.236. The van der Waals surface area contributed by atoms with E-state index in [1.54, 1.807) is 0 Å². The Morgan fingerprint density at radius 1 is 0.467 bits per heavy atom. The van der Waals surface area contributed by atoms with Crippen LogP contribution in [0.25, 0.3) is 21.5 Å². The first kappa shape index (κ1) is 11.3. The van der Waals surface area contributed by atoms with Crippen LogP contribution >= 0.6 is 0 Å². The first-order chi connectivity index (χ1) is 6.95. The monoisotopic (exact) mass is 331 g/mol. The third kappa shape index (κ3) is 2.01. The Morgan fingerprint density at radius 3 is 1.33 bits per heavy atom. The van der Waals surface area contributed by atoms with Gasteiger partial charge in [0.2, 0.25) is 0 Å². The van der Waals surface area contributed by atoms with Gasteiger partial charge >= 0.3 is 0 Å². The molecule has 0 bridgehead atoms. The maximum Gasteiger partial charge on any atom is 0 e. The summed E-state index contributed by atoms with van der Waals surface area (Å²) in [6.45, 7) is 0. The fourth-order valence-electron chi connectivity index (χ4n) is 1.95. The predicted molar refractivity (Wildman–Crippen MR) is 61.5 cm³/mol. The number of benzene rings is 3. The Labute approximate surface area is 130 Å². The van der Waals surface area contributed by atoms with Gasteiger partial charge in [-0.15, -0.1) is 0 Å². The number of rotatable bonds is 0. The minimum Gasteiger partial charge on any atom is -0.0616 e. The molecule has 0 heterocycles. The number of hydrogen-bond acceptors (Lipinski definition) is 0. The first-order valence-corrected chi connectivity index (χ1v) is 4.82. The van der Waals surface area contributed by atoms with Gasteiger partial charge in [-0.1, -0.05) is 60.7 Å². The first-order valence-electron chi connectivity index (χ1n) is 4.82. The third-order valence-electron chi connectivity index (χ3n) is 2.65. The van der Waals surface area contributed by atoms with Crippen molar-refractivity contribution < 1.29 is 49.4 Å². The van der Waals surface area contributed by atoms with E-state index in [0.717, 1.165) is 0 Å². The second-order valence-electron chi connectivity index (χ2n) is 3.51. The molecule has 3 rings (SSSR count). The SMILES string of the molecule is [Eu].c1ccc2c(c1)ccc1ccccc12. The quantitative estimate of drug-likeness (QED) is 0.547. The van der Waals surface area contributed by atoms with Crippen LogP contribution < -0.4 is 0 Å². The van der Waals surface area contributed by atoms with Crippen LogP contribution in [0.4, 0.5) is 0 Å². The molecule has 0 nitrogen and oxygen atoms in total. The van der Waals surface area contributed by atoms with Gasteiger partial charge in [-0.25, -0.2) is 0 Å². The molecule has 0 amide bonds. The van der Waals surface area contributed by atoms with Crippen LogP contribution in [0.5, 0.6) is 0 Å². The summed E-state index contributed by atoms with van der Waals surface area (Å²) in [7, 11) is 0. The fourth-order valence-corrected chi connectivity index (χ4v) is 1.95. The minimum absolute atomic E-state index is 0. The Bertz CT molecular complexity index is 544. The van der Waals surface area contributed by atoms with Crippen molar-refractivity contribution in [2.24, 2.45) is 0 Å². The summed E-state index contributed by atoms with van der Waals surface area (Å²) >= 11 is 0. The van der Waals surface area contributed by atoms with Crippen LogP contribution in [-0.2, 0) is 0 Å². The van der Waals surface area contributed by atoms with E-state index in [9.17, 15) is 0 Å². The molecule has 0 saturated heterocycles. The van der Waals surface area contributed by atoms with Crippen LogP contribution in [0, 0.1) is 49.4 Å². The van der Waals surface area contributed by atoms with Crippen molar-refractivity contribution in [3.63, 3.8) is 0 Å². The fraction of sp³-hybridized carbons (Fsp3) is 0. The second-order valence-corrected chi connectivity index (χ2v) is 3.51. The molecule has 1 radical (unpaired) electrons. The molecule has 0 spiro atoms. The summed E-state index contributed by atoms with van der Waals surface area (Å²) in [6, 6.07) is 21.4. The van der Waals surface area contributed by atoms with E-state index in [1.165, 1.54) is 21.5 Å². The Kier molecular flexibility index (Phi) is 3.55. The van der Waals surface area contributed by atoms with E-state index in [-0.39, 0.29) is 49.4 Å². The summed E-state index contributed by atoms with van der Waals surface area (Å²) < 4.78 is 0. The molecule has 0 fully saturated rings. The Balaban J connectivity index is 0.000000853. The van der Waals surface area contributed by atoms with E-state index >= 15 is 0 Å². The van der Waals surface area contributed by atoms with Gasteiger partial charge in [0.25, 0.3) is 0 Å². The van der Waals surface area contributed by atoms with Gasteiger partial charge in [-0.2, -0.15) is 0 Å². The number of fused-ring (bicyclic) bond motifs is 3. The van der Waals surface area contributed by atoms with Crippen LogP contribution in [0.3, 0.4) is 0 Å². The molecule has 1 heteroatoms. The molecule has 3 aromatic carbocycles. The molecule has 0 aromatic heterocycles. The summed E-state index contributed by atoms with van der Waals surface area (Å²) in [5, 5.41) is 5.30. The van der Waals surface area contributed by atoms with Crippen molar-refractivity contribution >= 4 is 21.5 Å². The topological polar surface area (TPSA) is 0 Å². The summed E-state index contributed by atoms with van der Waals surface area (Å²) in [5.74, 6) is 0. The van der Waals surface area contributed by atoms with Crippen molar-refractivity contribution in [1.29, 1.82) is 0 Å². The van der Waals surface area contributed by atoms with Crippen molar-refractivity contribution in [3.8, 4) is 0 Å². The van der Waals surface area contributed by atoms with E-state index in [2.05, 4.69) is 60.7 Å². The molecular formula is C14H10Eu. The maximum absolute atomic E-state index is 2.18. The Morgan fingerprint density at radius 2 is 0.867 bits per heavy atom. The van der Waals surface area contributed by atoms with Crippen LogP contribution in [0.1, 0.15) is 0 Å². The third-order valence-corrected chi connectivity index (χ3v) is 2.65. The zero-order valence-electron chi connectivity index (χ0n) is 8.15. The van der Waals surface area contributed by atoms with E-state index in [4.69, 9.17) is 0 Å². The molecule has 73 valence electrons. The van der Waals surface area contributed by atoms with Gasteiger partial charge in [0.05, 0.1) is 0 Å².